The lowest BCUT2D eigenvalue weighted by molar-refractivity contribution is -0.394. The van der Waals surface area contributed by atoms with E-state index in [1.165, 1.54) is 6.92 Å². The molecule has 1 N–H and O–H groups in total. The summed E-state index contributed by atoms with van der Waals surface area (Å²) in [7, 11) is 0. The number of amides is 1. The van der Waals surface area contributed by atoms with Crippen LogP contribution in [-0.2, 0) is 0 Å². The molecule has 3 aromatic carbocycles. The van der Waals surface area contributed by atoms with Crippen LogP contribution in [0.4, 0.5) is 17.1 Å². The average molecular weight is 393 g/mol. The summed E-state index contributed by atoms with van der Waals surface area (Å²) in [6.45, 7) is 1.37. The Morgan fingerprint density at radius 1 is 0.897 bits per heavy atom. The van der Waals surface area contributed by atoms with Gasteiger partial charge in [0.05, 0.1) is 21.5 Å². The third-order valence-electron chi connectivity index (χ3n) is 4.11. The van der Waals surface area contributed by atoms with Crippen LogP contribution in [0.5, 0.6) is 11.5 Å². The predicted octanol–water partition coefficient (Wildman–Crippen LogP) is 4.86. The van der Waals surface area contributed by atoms with Crippen molar-refractivity contribution in [1.29, 1.82) is 0 Å². The molecule has 0 aliphatic carbocycles. The molecule has 0 aliphatic heterocycles. The Morgan fingerprint density at radius 2 is 1.52 bits per heavy atom. The average Bonchev–Trinajstić information content (AvgIpc) is 2.70. The number of anilines is 1. The molecule has 0 unspecified atom stereocenters. The fourth-order valence-electron chi connectivity index (χ4n) is 2.64. The van der Waals surface area contributed by atoms with Crippen LogP contribution < -0.4 is 10.1 Å². The van der Waals surface area contributed by atoms with Crippen LogP contribution in [0.15, 0.2) is 66.7 Å². The topological polar surface area (TPSA) is 125 Å². The van der Waals surface area contributed by atoms with Gasteiger partial charge in [-0.25, -0.2) is 0 Å². The van der Waals surface area contributed by atoms with Gasteiger partial charge in [0.2, 0.25) is 0 Å². The molecule has 0 saturated heterocycles. The SMILES string of the molecule is Cc1c(C(=O)Nc2ccc(Oc3ccccc3)cc2)cc([N+](=O)[O-])cc1[N+](=O)[O-]. The van der Waals surface area contributed by atoms with Gasteiger partial charge in [-0.3, -0.25) is 25.0 Å². The number of nitrogens with one attached hydrogen (secondary N) is 1. The van der Waals surface area contributed by atoms with E-state index in [0.29, 0.717) is 17.2 Å². The zero-order valence-electron chi connectivity index (χ0n) is 15.2. The second-order valence-electron chi connectivity index (χ2n) is 6.05. The lowest BCUT2D eigenvalue weighted by Crippen LogP contribution is -2.14. The fourth-order valence-corrected chi connectivity index (χ4v) is 2.64. The van der Waals surface area contributed by atoms with Crippen molar-refractivity contribution in [3.63, 3.8) is 0 Å². The Bertz CT molecular complexity index is 1080. The molecule has 146 valence electrons. The molecule has 9 heteroatoms. The number of rotatable bonds is 6. The van der Waals surface area contributed by atoms with Gasteiger partial charge in [-0.2, -0.15) is 0 Å². The van der Waals surface area contributed by atoms with E-state index in [9.17, 15) is 25.0 Å². The summed E-state index contributed by atoms with van der Waals surface area (Å²) in [6, 6.07) is 17.5. The molecule has 3 rings (SSSR count). The van der Waals surface area contributed by atoms with E-state index < -0.39 is 27.1 Å². The van der Waals surface area contributed by atoms with E-state index in [4.69, 9.17) is 4.74 Å². The van der Waals surface area contributed by atoms with Crippen molar-refractivity contribution < 1.29 is 19.4 Å². The fraction of sp³-hybridized carbons (Fsp3) is 0.0500. The van der Waals surface area contributed by atoms with Crippen LogP contribution in [0.2, 0.25) is 0 Å². The first-order valence-corrected chi connectivity index (χ1v) is 8.43. The van der Waals surface area contributed by atoms with Crippen molar-refractivity contribution in [2.24, 2.45) is 0 Å². The number of carbonyl (C=O) groups excluding carboxylic acids is 1. The first-order valence-electron chi connectivity index (χ1n) is 8.43. The summed E-state index contributed by atoms with van der Waals surface area (Å²) in [5, 5.41) is 24.8. The van der Waals surface area contributed by atoms with E-state index in [0.717, 1.165) is 12.1 Å². The van der Waals surface area contributed by atoms with E-state index in [-0.39, 0.29) is 11.1 Å². The van der Waals surface area contributed by atoms with Crippen LogP contribution in [0.25, 0.3) is 0 Å². The lowest BCUT2D eigenvalue weighted by atomic mass is 10.0. The number of hydrogen-bond acceptors (Lipinski definition) is 6. The first-order chi connectivity index (χ1) is 13.8. The number of nitrogens with zero attached hydrogens (tertiary/aromatic N) is 2. The standard InChI is InChI=1S/C20H15N3O6/c1-13-18(11-15(22(25)26)12-19(13)23(27)28)20(24)21-14-7-9-17(10-8-14)29-16-5-3-2-4-6-16/h2-12H,1H3,(H,21,24). The van der Waals surface area contributed by atoms with Gasteiger partial charge in [-0.1, -0.05) is 18.2 Å². The Balaban J connectivity index is 1.81. The van der Waals surface area contributed by atoms with Crippen molar-refractivity contribution in [3.05, 3.63) is 98.1 Å². The molecule has 3 aromatic rings. The van der Waals surface area contributed by atoms with E-state index in [1.54, 1.807) is 36.4 Å². The van der Waals surface area contributed by atoms with Gasteiger partial charge in [-0.05, 0) is 43.3 Å². The summed E-state index contributed by atoms with van der Waals surface area (Å²) in [5.41, 5.74) is -0.711. The van der Waals surface area contributed by atoms with Gasteiger partial charge in [0.1, 0.15) is 11.5 Å². The van der Waals surface area contributed by atoms with Crippen molar-refractivity contribution in [2.45, 2.75) is 6.92 Å². The van der Waals surface area contributed by atoms with Crippen LogP contribution in [0.1, 0.15) is 15.9 Å². The van der Waals surface area contributed by atoms with Gasteiger partial charge in [0.15, 0.2) is 0 Å². The van der Waals surface area contributed by atoms with Crippen molar-refractivity contribution in [1.82, 2.24) is 0 Å². The molecule has 0 fully saturated rings. The van der Waals surface area contributed by atoms with Crippen molar-refractivity contribution in [3.8, 4) is 11.5 Å². The molecule has 0 aromatic heterocycles. The van der Waals surface area contributed by atoms with Crippen molar-refractivity contribution in [2.75, 3.05) is 5.32 Å². The molecular weight excluding hydrogens is 378 g/mol. The minimum Gasteiger partial charge on any atom is -0.457 e. The molecule has 0 atom stereocenters. The smallest absolute Gasteiger partial charge is 0.279 e. The second kappa shape index (κ2) is 8.17. The third kappa shape index (κ3) is 4.53. The highest BCUT2D eigenvalue weighted by Crippen LogP contribution is 2.29. The molecular formula is C20H15N3O6. The number of ether oxygens (including phenoxy) is 1. The van der Waals surface area contributed by atoms with Crippen LogP contribution in [-0.4, -0.2) is 15.8 Å². The Morgan fingerprint density at radius 3 is 2.10 bits per heavy atom. The number of para-hydroxylation sites is 1. The maximum atomic E-state index is 12.6. The maximum absolute atomic E-state index is 12.6. The molecule has 9 nitrogen and oxygen atoms in total. The number of non-ortho nitro benzene ring substituents is 1. The second-order valence-corrected chi connectivity index (χ2v) is 6.05. The minimum atomic E-state index is -0.779. The number of benzene rings is 3. The zero-order valence-corrected chi connectivity index (χ0v) is 15.2. The first kappa shape index (κ1) is 19.5. The van der Waals surface area contributed by atoms with Crippen LogP contribution >= 0.6 is 0 Å². The Kier molecular flexibility index (Phi) is 5.49. The molecule has 0 spiro atoms. The molecule has 0 aliphatic rings. The maximum Gasteiger partial charge on any atom is 0.279 e. The summed E-state index contributed by atoms with van der Waals surface area (Å²) in [5.74, 6) is 0.520. The highest BCUT2D eigenvalue weighted by atomic mass is 16.6. The van der Waals surface area contributed by atoms with Gasteiger partial charge < -0.3 is 10.1 Å². The number of carbonyl (C=O) groups is 1. The molecule has 0 saturated carbocycles. The highest BCUT2D eigenvalue weighted by molar-refractivity contribution is 6.06. The largest absolute Gasteiger partial charge is 0.457 e. The predicted molar refractivity (Wildman–Crippen MR) is 105 cm³/mol. The lowest BCUT2D eigenvalue weighted by Gasteiger charge is -2.10. The van der Waals surface area contributed by atoms with Crippen LogP contribution in [0, 0.1) is 27.2 Å². The van der Waals surface area contributed by atoms with Gasteiger partial charge in [-0.15, -0.1) is 0 Å². The number of nitro benzene ring substituents is 2. The normalized spacial score (nSPS) is 10.2. The van der Waals surface area contributed by atoms with E-state index in [2.05, 4.69) is 5.32 Å². The monoisotopic (exact) mass is 393 g/mol. The Hall–Kier alpha value is -4.27. The summed E-state index contributed by atoms with van der Waals surface area (Å²) in [6.07, 6.45) is 0. The molecule has 0 radical (unpaired) electrons. The van der Waals surface area contributed by atoms with Gasteiger partial charge in [0.25, 0.3) is 17.3 Å². The summed E-state index contributed by atoms with van der Waals surface area (Å²) in [4.78, 5) is 33.2. The quantitative estimate of drug-likeness (QED) is 0.471. The summed E-state index contributed by atoms with van der Waals surface area (Å²) >= 11 is 0. The molecule has 1 amide bonds. The Labute approximate surface area is 164 Å². The molecule has 29 heavy (non-hydrogen) atoms. The van der Waals surface area contributed by atoms with Crippen LogP contribution in [0.3, 0.4) is 0 Å². The highest BCUT2D eigenvalue weighted by Gasteiger charge is 2.24. The minimum absolute atomic E-state index is 0.0436. The molecule has 0 heterocycles. The van der Waals surface area contributed by atoms with E-state index in [1.807, 2.05) is 18.2 Å². The van der Waals surface area contributed by atoms with Gasteiger partial charge in [0, 0.05) is 17.3 Å². The summed E-state index contributed by atoms with van der Waals surface area (Å²) < 4.78 is 5.66. The zero-order chi connectivity index (χ0) is 21.0. The van der Waals surface area contributed by atoms with Gasteiger partial charge >= 0.3 is 0 Å². The molecule has 0 bridgehead atoms. The van der Waals surface area contributed by atoms with Crippen molar-refractivity contribution >= 4 is 23.0 Å². The number of nitro groups is 2. The number of hydrogen-bond donors (Lipinski definition) is 1. The third-order valence-corrected chi connectivity index (χ3v) is 4.11. The van der Waals surface area contributed by atoms with E-state index >= 15 is 0 Å².